The Balaban J connectivity index is 0.00000159. The fraction of sp³-hybridized carbons (Fsp3) is 0.429. The van der Waals surface area contributed by atoms with Crippen molar-refractivity contribution in [2.75, 3.05) is 13.7 Å². The summed E-state index contributed by atoms with van der Waals surface area (Å²) in [6.45, 7) is 10.2. The van der Waals surface area contributed by atoms with Gasteiger partial charge in [0.2, 0.25) is 11.7 Å². The molecular formula is C28H40N4O5. The van der Waals surface area contributed by atoms with Crippen molar-refractivity contribution >= 4 is 23.6 Å². The number of ketones is 1. The van der Waals surface area contributed by atoms with Crippen LogP contribution in [0.3, 0.4) is 0 Å². The zero-order chi connectivity index (χ0) is 27.8. The third kappa shape index (κ3) is 12.1. The molecule has 202 valence electrons. The summed E-state index contributed by atoms with van der Waals surface area (Å²) < 4.78 is 5.35. The average Bonchev–Trinajstić information content (AvgIpc) is 2.87. The number of nitrogens with one attached hydrogen (secondary N) is 4. The van der Waals surface area contributed by atoms with Gasteiger partial charge < -0.3 is 26.0 Å². The van der Waals surface area contributed by atoms with E-state index in [0.29, 0.717) is 12.3 Å². The summed E-state index contributed by atoms with van der Waals surface area (Å²) in [7, 11) is 1.54. The summed E-state index contributed by atoms with van der Waals surface area (Å²) in [6, 6.07) is 13.3. The van der Waals surface area contributed by atoms with Crippen molar-refractivity contribution in [3.05, 3.63) is 65.2 Å². The molecule has 2 aromatic carbocycles. The van der Waals surface area contributed by atoms with Crippen LogP contribution in [-0.2, 0) is 27.5 Å². The average molecular weight is 513 g/mol. The van der Waals surface area contributed by atoms with Gasteiger partial charge in [-0.1, -0.05) is 76.2 Å². The normalized spacial score (nSPS) is 10.9. The van der Waals surface area contributed by atoms with Gasteiger partial charge in [0.15, 0.2) is 0 Å². The quantitative estimate of drug-likeness (QED) is 0.344. The van der Waals surface area contributed by atoms with Gasteiger partial charge in [-0.25, -0.2) is 4.79 Å². The fourth-order valence-electron chi connectivity index (χ4n) is 3.17. The van der Waals surface area contributed by atoms with E-state index in [1.165, 1.54) is 7.11 Å². The minimum atomic E-state index is -0.994. The van der Waals surface area contributed by atoms with E-state index in [-0.39, 0.29) is 19.5 Å². The zero-order valence-corrected chi connectivity index (χ0v) is 22.6. The maximum atomic E-state index is 12.5. The van der Waals surface area contributed by atoms with E-state index in [9.17, 15) is 19.2 Å². The molecule has 2 rings (SSSR count). The predicted molar refractivity (Wildman–Crippen MR) is 144 cm³/mol. The number of aryl methyl sites for hydroxylation is 1. The summed E-state index contributed by atoms with van der Waals surface area (Å²) in [5.41, 5.74) is 2.57. The van der Waals surface area contributed by atoms with Gasteiger partial charge >= 0.3 is 6.03 Å². The van der Waals surface area contributed by atoms with Crippen molar-refractivity contribution in [3.63, 3.8) is 0 Å². The predicted octanol–water partition coefficient (Wildman–Crippen LogP) is 3.25. The first-order chi connectivity index (χ1) is 17.6. The third-order valence-electron chi connectivity index (χ3n) is 4.93. The van der Waals surface area contributed by atoms with Crippen LogP contribution in [0.4, 0.5) is 4.79 Å². The molecule has 0 radical (unpaired) electrons. The molecule has 37 heavy (non-hydrogen) atoms. The van der Waals surface area contributed by atoms with Gasteiger partial charge in [-0.15, -0.1) is 0 Å². The van der Waals surface area contributed by atoms with Gasteiger partial charge in [-0.3, -0.25) is 14.4 Å². The first kappa shape index (κ1) is 31.2. The van der Waals surface area contributed by atoms with E-state index in [2.05, 4.69) is 42.0 Å². The first-order valence-corrected chi connectivity index (χ1v) is 12.4. The second-order valence-corrected chi connectivity index (χ2v) is 9.10. The lowest BCUT2D eigenvalue weighted by molar-refractivity contribution is -0.140. The van der Waals surface area contributed by atoms with Crippen molar-refractivity contribution in [1.29, 1.82) is 0 Å². The van der Waals surface area contributed by atoms with E-state index in [1.54, 1.807) is 13.0 Å². The van der Waals surface area contributed by atoms with Crippen LogP contribution in [0.5, 0.6) is 5.75 Å². The summed E-state index contributed by atoms with van der Waals surface area (Å²) in [5.74, 6) is -0.661. The Morgan fingerprint density at radius 3 is 2.11 bits per heavy atom. The van der Waals surface area contributed by atoms with Crippen molar-refractivity contribution in [2.45, 2.75) is 60.2 Å². The molecule has 0 aromatic heterocycles. The highest BCUT2D eigenvalue weighted by atomic mass is 16.5. The van der Waals surface area contributed by atoms with Crippen LogP contribution in [0.25, 0.3) is 0 Å². The van der Waals surface area contributed by atoms with Gasteiger partial charge in [-0.2, -0.15) is 0 Å². The van der Waals surface area contributed by atoms with E-state index in [1.807, 2.05) is 49.4 Å². The van der Waals surface area contributed by atoms with Crippen LogP contribution >= 0.6 is 0 Å². The minimum Gasteiger partial charge on any atom is -0.496 e. The highest BCUT2D eigenvalue weighted by molar-refractivity contribution is 6.38. The molecular weight excluding hydrogens is 472 g/mol. The van der Waals surface area contributed by atoms with Crippen molar-refractivity contribution in [2.24, 2.45) is 5.92 Å². The maximum absolute atomic E-state index is 12.5. The zero-order valence-electron chi connectivity index (χ0n) is 22.6. The van der Waals surface area contributed by atoms with Gasteiger partial charge in [0.25, 0.3) is 5.91 Å². The molecule has 0 aliphatic rings. The molecule has 0 heterocycles. The minimum absolute atomic E-state index is 0.114. The van der Waals surface area contributed by atoms with Crippen LogP contribution in [0.1, 0.15) is 50.8 Å². The second kappa shape index (κ2) is 16.7. The molecule has 1 unspecified atom stereocenters. The molecule has 4 N–H and O–H groups in total. The van der Waals surface area contributed by atoms with Crippen LogP contribution < -0.4 is 26.0 Å². The Kier molecular flexibility index (Phi) is 14.1. The lowest BCUT2D eigenvalue weighted by Gasteiger charge is -2.17. The molecule has 9 heteroatoms. The molecule has 0 fully saturated rings. The smallest absolute Gasteiger partial charge is 0.315 e. The highest BCUT2D eigenvalue weighted by Crippen LogP contribution is 2.22. The summed E-state index contributed by atoms with van der Waals surface area (Å²) in [4.78, 5) is 48.9. The maximum Gasteiger partial charge on any atom is 0.315 e. The Bertz CT molecular complexity index is 1020. The molecule has 0 bridgehead atoms. The monoisotopic (exact) mass is 512 g/mol. The van der Waals surface area contributed by atoms with Gasteiger partial charge in [0, 0.05) is 18.7 Å². The highest BCUT2D eigenvalue weighted by Gasteiger charge is 2.25. The number of ether oxygens (including phenoxy) is 1. The summed E-state index contributed by atoms with van der Waals surface area (Å²) >= 11 is 0. The number of carbonyl (C=O) groups excluding carboxylic acids is 4. The van der Waals surface area contributed by atoms with Gasteiger partial charge in [0.05, 0.1) is 19.7 Å². The van der Waals surface area contributed by atoms with E-state index in [0.717, 1.165) is 22.6 Å². The number of rotatable bonds is 11. The van der Waals surface area contributed by atoms with E-state index >= 15 is 0 Å². The second-order valence-electron chi connectivity index (χ2n) is 9.10. The number of methoxy groups -OCH3 is 1. The van der Waals surface area contributed by atoms with E-state index in [4.69, 9.17) is 4.74 Å². The number of urea groups is 1. The topological polar surface area (TPSA) is 126 Å². The Morgan fingerprint density at radius 1 is 0.865 bits per heavy atom. The summed E-state index contributed by atoms with van der Waals surface area (Å²) in [5, 5.41) is 10.1. The number of carbonyl (C=O) groups is 4. The Morgan fingerprint density at radius 2 is 1.51 bits per heavy atom. The molecule has 9 nitrogen and oxygen atoms in total. The molecule has 0 saturated carbocycles. The number of para-hydroxylation sites is 1. The molecule has 0 aliphatic carbocycles. The Labute approximate surface area is 219 Å². The number of hydrogen-bond acceptors (Lipinski definition) is 5. The molecule has 0 saturated heterocycles. The van der Waals surface area contributed by atoms with Crippen LogP contribution in [0, 0.1) is 12.8 Å². The number of amides is 4. The number of Topliss-reactive ketones (excluding diaryl/α,β-unsaturated/α-hetero) is 1. The third-order valence-corrected chi connectivity index (χ3v) is 4.93. The number of benzene rings is 2. The van der Waals surface area contributed by atoms with Crippen molar-refractivity contribution in [1.82, 2.24) is 21.3 Å². The standard InChI is InChI=1S/C24H30N4O5.C4H10/c1-4-19(21(30)23(31)25-14-18-12-8-9-16(2)22(18)33-3)28-20(29)15-27-24(32)26-13-17-10-6-5-7-11-17;1-4(2)3/h5-12,19H,4,13-15H2,1-3H3,(H,25,31)(H,28,29)(H2,26,27,32);4H,1-3H3. The number of hydrogen-bond donors (Lipinski definition) is 4. The SMILES string of the molecule is CC(C)C.CCC(NC(=O)CNC(=O)NCc1ccccc1)C(=O)C(=O)NCc1cccc(C)c1OC. The van der Waals surface area contributed by atoms with Crippen LogP contribution in [0.2, 0.25) is 0 Å². The summed E-state index contributed by atoms with van der Waals surface area (Å²) in [6.07, 6.45) is 0.228. The molecule has 2 aromatic rings. The van der Waals surface area contributed by atoms with Crippen LogP contribution in [0.15, 0.2) is 48.5 Å². The molecule has 1 atom stereocenters. The van der Waals surface area contributed by atoms with Crippen molar-refractivity contribution < 1.29 is 23.9 Å². The largest absolute Gasteiger partial charge is 0.496 e. The fourth-order valence-corrected chi connectivity index (χ4v) is 3.17. The first-order valence-electron chi connectivity index (χ1n) is 12.4. The lowest BCUT2D eigenvalue weighted by atomic mass is 10.1. The molecule has 4 amide bonds. The van der Waals surface area contributed by atoms with Crippen LogP contribution in [-0.4, -0.2) is 43.3 Å². The van der Waals surface area contributed by atoms with Crippen molar-refractivity contribution in [3.8, 4) is 5.75 Å². The lowest BCUT2D eigenvalue weighted by Crippen LogP contribution is -2.50. The van der Waals surface area contributed by atoms with Gasteiger partial charge in [-0.05, 0) is 30.4 Å². The molecule has 0 spiro atoms. The van der Waals surface area contributed by atoms with Gasteiger partial charge in [0.1, 0.15) is 5.75 Å². The van der Waals surface area contributed by atoms with E-state index < -0.39 is 29.7 Å². The molecule has 0 aliphatic heterocycles. The Hall–Kier alpha value is -3.88.